The third-order valence-electron chi connectivity index (χ3n) is 6.03. The highest BCUT2D eigenvalue weighted by atomic mass is 15.6. The first-order chi connectivity index (χ1) is 13.3. The molecule has 0 bridgehead atoms. The van der Waals surface area contributed by atoms with Crippen LogP contribution in [-0.2, 0) is 0 Å². The molecule has 2 heterocycles. The van der Waals surface area contributed by atoms with Crippen LogP contribution in [0.1, 0.15) is 70.7 Å². The summed E-state index contributed by atoms with van der Waals surface area (Å²) in [7, 11) is 4.40. The lowest BCUT2D eigenvalue weighted by Gasteiger charge is -2.40. The number of rotatable bonds is 7. The van der Waals surface area contributed by atoms with E-state index in [1.807, 2.05) is 0 Å². The minimum Gasteiger partial charge on any atom is -0.334 e. The highest BCUT2D eigenvalue weighted by molar-refractivity contribution is 5.39. The largest absolute Gasteiger partial charge is 0.334 e. The second-order valence-corrected chi connectivity index (χ2v) is 8.92. The summed E-state index contributed by atoms with van der Waals surface area (Å²) in [6.07, 6.45) is 2.52. The van der Waals surface area contributed by atoms with Gasteiger partial charge in [0.25, 0.3) is 0 Å². The van der Waals surface area contributed by atoms with Crippen LogP contribution in [0.25, 0.3) is 0 Å². The Kier molecular flexibility index (Phi) is 5.97. The predicted octanol–water partition coefficient (Wildman–Crippen LogP) is 5.36. The molecule has 154 valence electrons. The maximum absolute atomic E-state index is 4.38. The van der Waals surface area contributed by atoms with Gasteiger partial charge in [-0.15, -0.1) is 0 Å². The van der Waals surface area contributed by atoms with Crippen molar-refractivity contribution in [3.05, 3.63) is 59.4 Å². The zero-order valence-corrected chi connectivity index (χ0v) is 18.9. The van der Waals surface area contributed by atoms with Gasteiger partial charge in [-0.2, -0.15) is 0 Å². The summed E-state index contributed by atoms with van der Waals surface area (Å²) in [4.78, 5) is 9.77. The quantitative estimate of drug-likeness (QED) is 0.629. The molecular weight excluding hydrogens is 344 g/mol. The topological polar surface area (TPSA) is 13.0 Å². The van der Waals surface area contributed by atoms with Crippen LogP contribution in [0.5, 0.6) is 0 Å². The third-order valence-corrected chi connectivity index (χ3v) is 6.03. The molecule has 1 atom stereocenters. The molecule has 2 aliphatic rings. The Morgan fingerprint density at radius 3 is 2.29 bits per heavy atom. The van der Waals surface area contributed by atoms with Gasteiger partial charge in [-0.05, 0) is 35.8 Å². The minimum absolute atomic E-state index is 0.234. The SMILES string of the molecule is C=C1N(C)C2=C(N1CCC)N(CCC(C)C)C(c1ccccc1C(C)C)N2C. The van der Waals surface area contributed by atoms with Crippen molar-refractivity contribution in [3.63, 3.8) is 0 Å². The molecule has 0 N–H and O–H groups in total. The lowest BCUT2D eigenvalue weighted by Crippen LogP contribution is -2.40. The maximum Gasteiger partial charge on any atom is 0.154 e. The van der Waals surface area contributed by atoms with Crippen molar-refractivity contribution in [2.24, 2.45) is 5.92 Å². The molecule has 0 saturated carbocycles. The first kappa shape index (κ1) is 20.6. The van der Waals surface area contributed by atoms with E-state index >= 15 is 0 Å². The van der Waals surface area contributed by atoms with Crippen LogP contribution in [-0.4, -0.2) is 46.8 Å². The Hall–Kier alpha value is -2.10. The first-order valence-electron chi connectivity index (χ1n) is 10.8. The monoisotopic (exact) mass is 382 g/mol. The van der Waals surface area contributed by atoms with E-state index in [2.05, 4.69) is 99.2 Å². The van der Waals surface area contributed by atoms with Gasteiger partial charge in [-0.3, -0.25) is 0 Å². The average molecular weight is 383 g/mol. The fraction of sp³-hybridized carbons (Fsp3) is 0.583. The van der Waals surface area contributed by atoms with E-state index < -0.39 is 0 Å². The molecule has 0 fully saturated rings. The predicted molar refractivity (Wildman–Crippen MR) is 118 cm³/mol. The van der Waals surface area contributed by atoms with Gasteiger partial charge in [-0.25, -0.2) is 0 Å². The van der Waals surface area contributed by atoms with Gasteiger partial charge in [0.1, 0.15) is 12.0 Å². The summed E-state index contributed by atoms with van der Waals surface area (Å²) in [6, 6.07) is 8.97. The zero-order chi connectivity index (χ0) is 20.6. The molecule has 2 aliphatic heterocycles. The molecule has 0 radical (unpaired) electrons. The van der Waals surface area contributed by atoms with Crippen molar-refractivity contribution in [3.8, 4) is 0 Å². The third kappa shape index (κ3) is 3.38. The van der Waals surface area contributed by atoms with Crippen LogP contribution in [0.4, 0.5) is 0 Å². The van der Waals surface area contributed by atoms with Gasteiger partial charge in [0.2, 0.25) is 0 Å². The van der Waals surface area contributed by atoms with Crippen molar-refractivity contribution in [2.75, 3.05) is 27.2 Å². The minimum atomic E-state index is 0.234. The fourth-order valence-electron chi connectivity index (χ4n) is 4.55. The summed E-state index contributed by atoms with van der Waals surface area (Å²) >= 11 is 0. The molecule has 4 nitrogen and oxygen atoms in total. The zero-order valence-electron chi connectivity index (χ0n) is 18.9. The summed E-state index contributed by atoms with van der Waals surface area (Å²) in [5, 5.41) is 0. The first-order valence-corrected chi connectivity index (χ1v) is 10.8. The summed E-state index contributed by atoms with van der Waals surface area (Å²) < 4.78 is 0. The van der Waals surface area contributed by atoms with E-state index in [-0.39, 0.29) is 6.17 Å². The standard InChI is InChI=1S/C24H38N4/c1-9-15-27-19(6)25(7)23-24(27)28(16-14-17(2)3)22(26(23)8)21-13-11-10-12-20(21)18(4)5/h10-13,17-18,22H,6,9,14-16H2,1-5,7-8H3. The number of hydrogen-bond donors (Lipinski definition) is 0. The van der Waals surface area contributed by atoms with Gasteiger partial charge in [0.15, 0.2) is 11.6 Å². The summed E-state index contributed by atoms with van der Waals surface area (Å²) in [5.74, 6) is 4.89. The molecular formula is C24H38N4. The van der Waals surface area contributed by atoms with Crippen molar-refractivity contribution < 1.29 is 0 Å². The Bertz CT molecular complexity index is 749. The Morgan fingerprint density at radius 2 is 1.68 bits per heavy atom. The van der Waals surface area contributed by atoms with Crippen molar-refractivity contribution >= 4 is 0 Å². The van der Waals surface area contributed by atoms with Gasteiger partial charge in [0, 0.05) is 27.2 Å². The second kappa shape index (κ2) is 8.10. The van der Waals surface area contributed by atoms with Crippen molar-refractivity contribution in [1.82, 2.24) is 19.6 Å². The van der Waals surface area contributed by atoms with Gasteiger partial charge in [0.05, 0.1) is 0 Å². The fourth-order valence-corrected chi connectivity index (χ4v) is 4.55. The van der Waals surface area contributed by atoms with E-state index in [1.54, 1.807) is 0 Å². The Balaban J connectivity index is 2.08. The summed E-state index contributed by atoms with van der Waals surface area (Å²) in [6.45, 7) is 17.9. The van der Waals surface area contributed by atoms with Gasteiger partial charge >= 0.3 is 0 Å². The molecule has 0 amide bonds. The molecule has 0 aromatic heterocycles. The molecule has 0 spiro atoms. The van der Waals surface area contributed by atoms with Crippen LogP contribution in [0.15, 0.2) is 48.3 Å². The van der Waals surface area contributed by atoms with Crippen LogP contribution < -0.4 is 0 Å². The maximum atomic E-state index is 4.38. The molecule has 1 aromatic carbocycles. The van der Waals surface area contributed by atoms with Crippen molar-refractivity contribution in [1.29, 1.82) is 0 Å². The highest BCUT2D eigenvalue weighted by Gasteiger charge is 2.46. The number of nitrogens with zero attached hydrogens (tertiary/aromatic N) is 4. The highest BCUT2D eigenvalue weighted by Crippen LogP contribution is 2.47. The van der Waals surface area contributed by atoms with E-state index in [0.29, 0.717) is 11.8 Å². The second-order valence-electron chi connectivity index (χ2n) is 8.92. The van der Waals surface area contributed by atoms with Crippen molar-refractivity contribution in [2.45, 2.75) is 59.5 Å². The smallest absolute Gasteiger partial charge is 0.154 e. The number of benzene rings is 1. The lowest BCUT2D eigenvalue weighted by molar-refractivity contribution is 0.101. The molecule has 1 aromatic rings. The molecule has 4 heteroatoms. The van der Waals surface area contributed by atoms with E-state index in [4.69, 9.17) is 0 Å². The Morgan fingerprint density at radius 1 is 1.00 bits per heavy atom. The summed E-state index contributed by atoms with van der Waals surface area (Å²) in [5.41, 5.74) is 2.87. The van der Waals surface area contributed by atoms with Crippen LogP contribution >= 0.6 is 0 Å². The van der Waals surface area contributed by atoms with E-state index in [1.165, 1.54) is 29.2 Å². The van der Waals surface area contributed by atoms with E-state index in [9.17, 15) is 0 Å². The van der Waals surface area contributed by atoms with Crippen LogP contribution in [0.2, 0.25) is 0 Å². The van der Waals surface area contributed by atoms with Gasteiger partial charge in [-0.1, -0.05) is 65.5 Å². The average Bonchev–Trinajstić information content (AvgIpc) is 3.07. The van der Waals surface area contributed by atoms with Crippen LogP contribution in [0.3, 0.4) is 0 Å². The molecule has 28 heavy (non-hydrogen) atoms. The lowest BCUT2D eigenvalue weighted by atomic mass is 9.94. The van der Waals surface area contributed by atoms with Gasteiger partial charge < -0.3 is 19.6 Å². The molecule has 0 saturated heterocycles. The molecule has 1 unspecified atom stereocenters. The normalized spacial score (nSPS) is 19.8. The van der Waals surface area contributed by atoms with E-state index in [0.717, 1.165) is 25.3 Å². The Labute approximate surface area is 172 Å². The molecule has 0 aliphatic carbocycles. The number of hydrogen-bond acceptors (Lipinski definition) is 4. The van der Waals surface area contributed by atoms with Crippen LogP contribution in [0, 0.1) is 5.92 Å². The molecule has 3 rings (SSSR count).